The molecule has 0 saturated heterocycles. The molecule has 122 valence electrons. The molecule has 1 aromatic carbocycles. The summed E-state index contributed by atoms with van der Waals surface area (Å²) in [7, 11) is 0. The number of Topliss-reactive ketones (excluding diaryl/α,β-unsaturated/α-hetero) is 1. The molecular weight excluding hydrogens is 367 g/mol. The van der Waals surface area contributed by atoms with Crippen LogP contribution in [0, 0.1) is 0 Å². The first-order valence-electron chi connectivity index (χ1n) is 6.70. The molecule has 7 heteroatoms. The predicted molar refractivity (Wildman–Crippen MR) is 87.9 cm³/mol. The number of rotatable bonds is 5. The number of alkyl halides is 2. The first-order chi connectivity index (χ1) is 10.7. The molecule has 0 atom stereocenters. The summed E-state index contributed by atoms with van der Waals surface area (Å²) in [5.74, 6) is -3.28. The molecule has 23 heavy (non-hydrogen) atoms. The second-order valence-electron chi connectivity index (χ2n) is 5.06. The van der Waals surface area contributed by atoms with Crippen molar-refractivity contribution in [2.75, 3.05) is 0 Å². The largest absolute Gasteiger partial charge is 0.294 e. The zero-order valence-electron chi connectivity index (χ0n) is 12.0. The van der Waals surface area contributed by atoms with Crippen LogP contribution >= 0.6 is 34.8 Å². The number of carbonyl (C=O) groups is 1. The highest BCUT2D eigenvalue weighted by atomic mass is 35.5. The van der Waals surface area contributed by atoms with E-state index in [1.54, 1.807) is 18.2 Å². The normalized spacial score (nSPS) is 11.6. The second-order valence-corrected chi connectivity index (χ2v) is 6.28. The summed E-state index contributed by atoms with van der Waals surface area (Å²) in [6.07, 6.45) is 1.33. The van der Waals surface area contributed by atoms with E-state index in [1.807, 2.05) is 0 Å². The third kappa shape index (κ3) is 4.40. The Morgan fingerprint density at radius 3 is 2.30 bits per heavy atom. The molecular formula is C16H12Cl3F2NO. The Bertz CT molecular complexity index is 724. The number of benzene rings is 1. The Morgan fingerprint density at radius 1 is 1.17 bits per heavy atom. The first-order valence-corrected chi connectivity index (χ1v) is 7.83. The molecule has 0 amide bonds. The fourth-order valence-corrected chi connectivity index (χ4v) is 2.88. The van der Waals surface area contributed by atoms with E-state index in [4.69, 9.17) is 34.8 Å². The Hall–Kier alpha value is -1.23. The molecule has 0 saturated carbocycles. The SMILES string of the molecule is CC(F)(F)c1cnc(CCC(=O)c2c(Cl)cccc2Cl)c(Cl)c1. The van der Waals surface area contributed by atoms with Gasteiger partial charge < -0.3 is 0 Å². The van der Waals surface area contributed by atoms with Crippen LogP contribution in [-0.4, -0.2) is 10.8 Å². The molecule has 0 unspecified atom stereocenters. The fraction of sp³-hybridized carbons (Fsp3) is 0.250. The van der Waals surface area contributed by atoms with E-state index in [-0.39, 0.29) is 44.8 Å². The van der Waals surface area contributed by atoms with Crippen molar-refractivity contribution in [1.82, 2.24) is 4.98 Å². The number of carbonyl (C=O) groups excluding carboxylic acids is 1. The maximum atomic E-state index is 13.2. The summed E-state index contributed by atoms with van der Waals surface area (Å²) < 4.78 is 26.4. The highest BCUT2D eigenvalue weighted by Gasteiger charge is 2.25. The minimum absolute atomic E-state index is 0.0675. The molecule has 0 radical (unpaired) electrons. The van der Waals surface area contributed by atoms with Crippen molar-refractivity contribution in [3.05, 3.63) is 62.4 Å². The van der Waals surface area contributed by atoms with Crippen molar-refractivity contribution in [3.63, 3.8) is 0 Å². The molecule has 1 heterocycles. The monoisotopic (exact) mass is 377 g/mol. The minimum Gasteiger partial charge on any atom is -0.294 e. The number of nitrogens with zero attached hydrogens (tertiary/aromatic N) is 1. The summed E-state index contributed by atoms with van der Waals surface area (Å²) in [6.45, 7) is 0.767. The van der Waals surface area contributed by atoms with Crippen LogP contribution in [0.4, 0.5) is 8.78 Å². The van der Waals surface area contributed by atoms with Crippen LogP contribution in [0.25, 0.3) is 0 Å². The lowest BCUT2D eigenvalue weighted by molar-refractivity contribution is 0.0171. The van der Waals surface area contributed by atoms with Crippen LogP contribution in [0.2, 0.25) is 15.1 Å². The maximum absolute atomic E-state index is 13.2. The number of aromatic nitrogens is 1. The topological polar surface area (TPSA) is 30.0 Å². The lowest BCUT2D eigenvalue weighted by Crippen LogP contribution is -2.09. The van der Waals surface area contributed by atoms with Crippen LogP contribution in [0.1, 0.15) is 35.0 Å². The Kier molecular flexibility index (Phi) is 5.61. The molecule has 0 bridgehead atoms. The summed E-state index contributed by atoms with van der Waals surface area (Å²) in [4.78, 5) is 16.2. The summed E-state index contributed by atoms with van der Waals surface area (Å²) >= 11 is 17.9. The molecule has 0 spiro atoms. The van der Waals surface area contributed by atoms with Gasteiger partial charge in [-0.05, 0) is 24.6 Å². The molecule has 0 aliphatic carbocycles. The van der Waals surface area contributed by atoms with E-state index < -0.39 is 5.92 Å². The molecule has 0 aliphatic heterocycles. The van der Waals surface area contributed by atoms with Gasteiger partial charge in [0.25, 0.3) is 5.92 Å². The summed E-state index contributed by atoms with van der Waals surface area (Å²) in [5, 5.41) is 0.632. The number of aryl methyl sites for hydroxylation is 1. The smallest absolute Gasteiger partial charge is 0.272 e. The van der Waals surface area contributed by atoms with Crippen molar-refractivity contribution < 1.29 is 13.6 Å². The third-order valence-electron chi connectivity index (χ3n) is 3.25. The van der Waals surface area contributed by atoms with Gasteiger partial charge in [0.05, 0.1) is 26.3 Å². The molecule has 2 aromatic rings. The Labute approximate surface area is 147 Å². The standard InChI is InChI=1S/C16H12Cl3F2NO/c1-16(20,21)9-7-12(19)13(22-8-9)5-6-14(23)15-10(17)3-2-4-11(15)18/h2-4,7-8H,5-6H2,1H3. The van der Waals surface area contributed by atoms with E-state index in [0.29, 0.717) is 5.69 Å². The lowest BCUT2D eigenvalue weighted by atomic mass is 10.0. The third-order valence-corrected chi connectivity index (χ3v) is 4.21. The van der Waals surface area contributed by atoms with Crippen molar-refractivity contribution >= 4 is 40.6 Å². The van der Waals surface area contributed by atoms with Gasteiger partial charge in [-0.2, -0.15) is 0 Å². The van der Waals surface area contributed by atoms with E-state index >= 15 is 0 Å². The number of hydrogen-bond donors (Lipinski definition) is 0. The van der Waals surface area contributed by atoms with Crippen LogP contribution in [0.3, 0.4) is 0 Å². The summed E-state index contributed by atoms with van der Waals surface area (Å²) in [6, 6.07) is 5.95. The molecule has 2 rings (SSSR count). The van der Waals surface area contributed by atoms with E-state index in [0.717, 1.165) is 19.2 Å². The molecule has 0 fully saturated rings. The number of pyridine rings is 1. The van der Waals surface area contributed by atoms with E-state index in [2.05, 4.69) is 4.98 Å². The van der Waals surface area contributed by atoms with Crippen LogP contribution in [-0.2, 0) is 12.3 Å². The highest BCUT2D eigenvalue weighted by molar-refractivity contribution is 6.39. The zero-order chi connectivity index (χ0) is 17.2. The van der Waals surface area contributed by atoms with E-state index in [9.17, 15) is 13.6 Å². The lowest BCUT2D eigenvalue weighted by Gasteiger charge is -2.12. The van der Waals surface area contributed by atoms with Gasteiger partial charge in [0.2, 0.25) is 0 Å². The van der Waals surface area contributed by atoms with Crippen LogP contribution in [0.15, 0.2) is 30.5 Å². The first kappa shape index (κ1) is 18.1. The van der Waals surface area contributed by atoms with Gasteiger partial charge in [-0.1, -0.05) is 40.9 Å². The molecule has 0 N–H and O–H groups in total. The Morgan fingerprint density at radius 2 is 1.78 bits per heavy atom. The number of hydrogen-bond acceptors (Lipinski definition) is 2. The van der Waals surface area contributed by atoms with Gasteiger partial charge in [0.1, 0.15) is 0 Å². The predicted octanol–water partition coefficient (Wildman–Crippen LogP) is 5.97. The van der Waals surface area contributed by atoms with E-state index in [1.165, 1.54) is 0 Å². The van der Waals surface area contributed by atoms with Gasteiger partial charge in [0, 0.05) is 25.1 Å². The fourth-order valence-electron chi connectivity index (χ4n) is 2.01. The zero-order valence-corrected chi connectivity index (χ0v) is 14.3. The van der Waals surface area contributed by atoms with Gasteiger partial charge in [-0.25, -0.2) is 8.78 Å². The average Bonchev–Trinajstić information content (AvgIpc) is 2.44. The van der Waals surface area contributed by atoms with Gasteiger partial charge in [0.15, 0.2) is 5.78 Å². The quantitative estimate of drug-likeness (QED) is 0.600. The van der Waals surface area contributed by atoms with Crippen molar-refractivity contribution in [2.45, 2.75) is 25.7 Å². The number of halogens is 5. The van der Waals surface area contributed by atoms with Gasteiger partial charge >= 0.3 is 0 Å². The Balaban J connectivity index is 2.14. The number of ketones is 1. The van der Waals surface area contributed by atoms with Crippen LogP contribution < -0.4 is 0 Å². The molecule has 1 aromatic heterocycles. The van der Waals surface area contributed by atoms with Crippen LogP contribution in [0.5, 0.6) is 0 Å². The van der Waals surface area contributed by atoms with Crippen molar-refractivity contribution in [1.29, 1.82) is 0 Å². The summed E-state index contributed by atoms with van der Waals surface area (Å²) in [5.41, 5.74) is 0.339. The van der Waals surface area contributed by atoms with Gasteiger partial charge in [-0.15, -0.1) is 0 Å². The minimum atomic E-state index is -3.02. The maximum Gasteiger partial charge on any atom is 0.272 e. The highest BCUT2D eigenvalue weighted by Crippen LogP contribution is 2.30. The second kappa shape index (κ2) is 7.12. The van der Waals surface area contributed by atoms with Crippen molar-refractivity contribution in [3.8, 4) is 0 Å². The van der Waals surface area contributed by atoms with Crippen molar-refractivity contribution in [2.24, 2.45) is 0 Å². The van der Waals surface area contributed by atoms with Gasteiger partial charge in [-0.3, -0.25) is 9.78 Å². The molecule has 2 nitrogen and oxygen atoms in total. The average molecular weight is 379 g/mol. The molecule has 0 aliphatic rings.